The average molecular weight is 362 g/mol. The molecule has 0 saturated heterocycles. The second kappa shape index (κ2) is 6.38. The molecule has 0 saturated carbocycles. The van der Waals surface area contributed by atoms with E-state index in [1.807, 2.05) is 61.0 Å². The van der Waals surface area contributed by atoms with E-state index in [9.17, 15) is 4.39 Å². The number of nitrogens with zero attached hydrogens (tertiary/aromatic N) is 2. The van der Waals surface area contributed by atoms with Crippen LogP contribution < -0.4 is 4.74 Å². The first-order valence-electron chi connectivity index (χ1n) is 9.14. The molecule has 1 aromatic heterocycles. The molecular formula is C23H23FN2O. The predicted octanol–water partition coefficient (Wildman–Crippen LogP) is 5.57. The number of aromatic nitrogens is 2. The van der Waals surface area contributed by atoms with Crippen LogP contribution in [0.4, 0.5) is 4.39 Å². The first-order chi connectivity index (χ1) is 12.9. The molecule has 0 fully saturated rings. The largest absolute Gasteiger partial charge is 0.466 e. The van der Waals surface area contributed by atoms with Crippen LogP contribution in [-0.2, 0) is 0 Å². The summed E-state index contributed by atoms with van der Waals surface area (Å²) in [6.45, 7) is 10.2. The molecule has 138 valence electrons. The van der Waals surface area contributed by atoms with E-state index < -0.39 is 5.60 Å². The fourth-order valence-electron chi connectivity index (χ4n) is 3.75. The quantitative estimate of drug-likeness (QED) is 0.570. The number of hydrogen-bond donors (Lipinski definition) is 0. The average Bonchev–Trinajstić information content (AvgIpc) is 2.98. The van der Waals surface area contributed by atoms with Crippen LogP contribution in [0.3, 0.4) is 0 Å². The second-order valence-corrected chi connectivity index (χ2v) is 7.47. The molecule has 3 nitrogen and oxygen atoms in total. The Labute approximate surface area is 159 Å². The molecular weight excluding hydrogens is 339 g/mol. The fourth-order valence-corrected chi connectivity index (χ4v) is 3.75. The molecule has 0 unspecified atom stereocenters. The zero-order valence-electron chi connectivity index (χ0n) is 15.9. The number of rotatable bonds is 3. The maximum absolute atomic E-state index is 13.5. The highest BCUT2D eigenvalue weighted by molar-refractivity contribution is 5.49. The Bertz CT molecular complexity index is 991. The molecule has 2 atom stereocenters. The Kier molecular flexibility index (Phi) is 4.14. The van der Waals surface area contributed by atoms with Gasteiger partial charge in [-0.15, -0.1) is 0 Å². The maximum Gasteiger partial charge on any atom is 0.221 e. The lowest BCUT2D eigenvalue weighted by Crippen LogP contribution is -2.39. The highest BCUT2D eigenvalue weighted by Gasteiger charge is 2.42. The van der Waals surface area contributed by atoms with Crippen LogP contribution in [-0.4, -0.2) is 15.4 Å². The van der Waals surface area contributed by atoms with Gasteiger partial charge in [0.05, 0.1) is 11.4 Å². The molecule has 0 aliphatic carbocycles. The molecule has 0 N–H and O–H groups in total. The van der Waals surface area contributed by atoms with Crippen molar-refractivity contribution in [1.82, 2.24) is 9.78 Å². The predicted molar refractivity (Wildman–Crippen MR) is 105 cm³/mol. The van der Waals surface area contributed by atoms with Crippen LogP contribution >= 0.6 is 0 Å². The van der Waals surface area contributed by atoms with Gasteiger partial charge in [-0.3, -0.25) is 0 Å². The summed E-state index contributed by atoms with van der Waals surface area (Å²) in [5, 5.41) is 4.77. The lowest BCUT2D eigenvalue weighted by Gasteiger charge is -2.39. The molecule has 2 heterocycles. The second-order valence-electron chi connectivity index (χ2n) is 7.47. The summed E-state index contributed by atoms with van der Waals surface area (Å²) in [6, 6.07) is 16.7. The van der Waals surface area contributed by atoms with Crippen LogP contribution in [0.25, 0.3) is 5.69 Å². The number of ether oxygens (including phenoxy) is 1. The van der Waals surface area contributed by atoms with Crippen LogP contribution in [0.15, 0.2) is 66.7 Å². The van der Waals surface area contributed by atoms with Crippen LogP contribution in [0.5, 0.6) is 5.88 Å². The first kappa shape index (κ1) is 17.5. The minimum Gasteiger partial charge on any atom is -0.466 e. The SMILES string of the molecule is C=C(C)[C@]1(C)C[C@H](c2ccc(F)cc2)c2c(C)nn(-c3ccccc3)c2O1. The van der Waals surface area contributed by atoms with Crippen molar-refractivity contribution in [2.24, 2.45) is 0 Å². The molecule has 4 rings (SSSR count). The van der Waals surface area contributed by atoms with E-state index in [0.717, 1.165) is 40.4 Å². The Balaban J connectivity index is 1.92. The van der Waals surface area contributed by atoms with Crippen molar-refractivity contribution in [3.05, 3.63) is 89.4 Å². The molecule has 3 aromatic rings. The number of hydrogen-bond acceptors (Lipinski definition) is 2. The van der Waals surface area contributed by atoms with E-state index in [1.54, 1.807) is 0 Å². The number of halogens is 1. The molecule has 1 aliphatic rings. The molecule has 2 aromatic carbocycles. The number of fused-ring (bicyclic) bond motifs is 1. The van der Waals surface area contributed by atoms with Gasteiger partial charge >= 0.3 is 0 Å². The van der Waals surface area contributed by atoms with E-state index in [1.165, 1.54) is 12.1 Å². The highest BCUT2D eigenvalue weighted by atomic mass is 19.1. The maximum atomic E-state index is 13.5. The van der Waals surface area contributed by atoms with Crippen molar-refractivity contribution in [2.75, 3.05) is 0 Å². The molecule has 4 heteroatoms. The third kappa shape index (κ3) is 2.95. The number of benzene rings is 2. The van der Waals surface area contributed by atoms with Gasteiger partial charge in [0.1, 0.15) is 11.4 Å². The third-order valence-electron chi connectivity index (χ3n) is 5.50. The minimum atomic E-state index is -0.523. The summed E-state index contributed by atoms with van der Waals surface area (Å²) in [4.78, 5) is 0. The van der Waals surface area contributed by atoms with Gasteiger partial charge in [0.15, 0.2) is 0 Å². The number of aryl methyl sites for hydroxylation is 1. The lowest BCUT2D eigenvalue weighted by molar-refractivity contribution is 0.0856. The van der Waals surface area contributed by atoms with Gasteiger partial charge in [-0.25, -0.2) is 9.07 Å². The first-order valence-corrected chi connectivity index (χ1v) is 9.14. The van der Waals surface area contributed by atoms with Gasteiger partial charge in [0, 0.05) is 17.9 Å². The molecule has 0 radical (unpaired) electrons. The van der Waals surface area contributed by atoms with Crippen LogP contribution in [0, 0.1) is 12.7 Å². The fraction of sp³-hybridized carbons (Fsp3) is 0.261. The smallest absolute Gasteiger partial charge is 0.221 e. The van der Waals surface area contributed by atoms with Crippen LogP contribution in [0.2, 0.25) is 0 Å². The van der Waals surface area contributed by atoms with E-state index in [4.69, 9.17) is 9.84 Å². The summed E-state index contributed by atoms with van der Waals surface area (Å²) in [5.41, 5.74) is 4.43. The topological polar surface area (TPSA) is 27.1 Å². The normalized spacial score (nSPS) is 21.4. The molecule has 0 bridgehead atoms. The number of para-hydroxylation sites is 1. The summed E-state index contributed by atoms with van der Waals surface area (Å²) >= 11 is 0. The minimum absolute atomic E-state index is 0.0634. The van der Waals surface area contributed by atoms with Gasteiger partial charge in [-0.05, 0) is 56.2 Å². The Morgan fingerprint density at radius 1 is 1.19 bits per heavy atom. The van der Waals surface area contributed by atoms with E-state index >= 15 is 0 Å². The summed E-state index contributed by atoms with van der Waals surface area (Å²) in [7, 11) is 0. The van der Waals surface area contributed by atoms with Gasteiger partial charge in [-0.2, -0.15) is 5.10 Å². The highest BCUT2D eigenvalue weighted by Crippen LogP contribution is 2.48. The van der Waals surface area contributed by atoms with Gasteiger partial charge in [0.2, 0.25) is 5.88 Å². The van der Waals surface area contributed by atoms with Crippen molar-refractivity contribution in [1.29, 1.82) is 0 Å². The van der Waals surface area contributed by atoms with E-state index in [0.29, 0.717) is 0 Å². The van der Waals surface area contributed by atoms with Crippen LogP contribution in [0.1, 0.15) is 43.0 Å². The molecule has 0 amide bonds. The molecule has 27 heavy (non-hydrogen) atoms. The Morgan fingerprint density at radius 3 is 2.48 bits per heavy atom. The van der Waals surface area contributed by atoms with Gasteiger partial charge < -0.3 is 4.74 Å². The summed E-state index contributed by atoms with van der Waals surface area (Å²) in [5.74, 6) is 0.573. The van der Waals surface area contributed by atoms with E-state index in [-0.39, 0.29) is 11.7 Å². The molecule has 1 aliphatic heterocycles. The monoisotopic (exact) mass is 362 g/mol. The Morgan fingerprint density at radius 2 is 1.85 bits per heavy atom. The Hall–Kier alpha value is -2.88. The van der Waals surface area contributed by atoms with Gasteiger partial charge in [0.25, 0.3) is 0 Å². The third-order valence-corrected chi connectivity index (χ3v) is 5.50. The lowest BCUT2D eigenvalue weighted by atomic mass is 9.77. The zero-order chi connectivity index (χ0) is 19.2. The summed E-state index contributed by atoms with van der Waals surface area (Å²) in [6.07, 6.45) is 0.738. The van der Waals surface area contributed by atoms with Crippen molar-refractivity contribution >= 4 is 0 Å². The van der Waals surface area contributed by atoms with Crippen molar-refractivity contribution in [2.45, 2.75) is 38.7 Å². The van der Waals surface area contributed by atoms with Gasteiger partial charge in [-0.1, -0.05) is 36.9 Å². The molecule has 0 spiro atoms. The van der Waals surface area contributed by atoms with Crippen molar-refractivity contribution in [3.8, 4) is 11.6 Å². The zero-order valence-corrected chi connectivity index (χ0v) is 15.9. The summed E-state index contributed by atoms with van der Waals surface area (Å²) < 4.78 is 21.8. The van der Waals surface area contributed by atoms with Crippen molar-refractivity contribution in [3.63, 3.8) is 0 Å². The van der Waals surface area contributed by atoms with Crippen molar-refractivity contribution < 1.29 is 9.13 Å². The standard InChI is InChI=1S/C23H23FN2O/c1-15(2)23(4)14-20(17-10-12-18(24)13-11-17)21-16(3)25-26(22(21)27-23)19-8-6-5-7-9-19/h5-13,20H,1,14H2,2-4H3/t20-,23+/m1/s1. The van der Waals surface area contributed by atoms with E-state index in [2.05, 4.69) is 13.5 Å².